The van der Waals surface area contributed by atoms with Crippen molar-refractivity contribution in [1.82, 2.24) is 4.57 Å². The van der Waals surface area contributed by atoms with Crippen molar-refractivity contribution >= 4 is 5.97 Å². The third kappa shape index (κ3) is 4.59. The molecule has 0 unspecified atom stereocenters. The van der Waals surface area contributed by atoms with Crippen LogP contribution in [0.4, 0.5) is 0 Å². The molecule has 0 radical (unpaired) electrons. The number of unbranched alkanes of at least 4 members (excludes halogenated alkanes) is 4. The lowest BCUT2D eigenvalue weighted by Crippen LogP contribution is -2.34. The van der Waals surface area contributed by atoms with Crippen molar-refractivity contribution in [2.24, 2.45) is 7.05 Å². The van der Waals surface area contributed by atoms with Gasteiger partial charge in [0.25, 0.3) is 5.82 Å². The predicted molar refractivity (Wildman–Crippen MR) is 63.1 cm³/mol. The minimum absolute atomic E-state index is 0.0505. The molecule has 17 heavy (non-hydrogen) atoms. The van der Waals surface area contributed by atoms with Crippen molar-refractivity contribution in [3.8, 4) is 0 Å². The molecule has 1 aromatic rings. The number of carbonyl (C=O) groups is 1. The number of hydrogen-bond donors (Lipinski definition) is 0. The summed E-state index contributed by atoms with van der Waals surface area (Å²) in [6, 6.07) is 0. The Morgan fingerprint density at radius 3 is 2.71 bits per heavy atom. The summed E-state index contributed by atoms with van der Waals surface area (Å²) < 4.78 is 3.75. The molecule has 1 aromatic heterocycles. The highest BCUT2D eigenvalue weighted by Crippen LogP contribution is 2.06. The van der Waals surface area contributed by atoms with Gasteiger partial charge in [-0.1, -0.05) is 32.6 Å². The molecule has 0 aromatic carbocycles. The number of aromatic nitrogens is 2. The lowest BCUT2D eigenvalue weighted by atomic mass is 10.1. The summed E-state index contributed by atoms with van der Waals surface area (Å²) >= 11 is 0. The number of carboxylic acids is 1. The summed E-state index contributed by atoms with van der Waals surface area (Å²) in [5.41, 5.74) is 0. The van der Waals surface area contributed by atoms with E-state index in [2.05, 4.69) is 6.92 Å². The van der Waals surface area contributed by atoms with Crippen LogP contribution in [-0.4, -0.2) is 10.5 Å². The van der Waals surface area contributed by atoms with Crippen molar-refractivity contribution in [2.75, 3.05) is 0 Å². The van der Waals surface area contributed by atoms with Crippen molar-refractivity contribution < 1.29 is 14.5 Å². The Morgan fingerprint density at radius 2 is 2.06 bits per heavy atom. The summed E-state index contributed by atoms with van der Waals surface area (Å²) in [5.74, 6) is 0.0270. The van der Waals surface area contributed by atoms with Crippen LogP contribution in [-0.2, 0) is 24.8 Å². The van der Waals surface area contributed by atoms with Gasteiger partial charge >= 0.3 is 0 Å². The van der Waals surface area contributed by atoms with Gasteiger partial charge in [0.1, 0.15) is 18.9 Å². The number of aryl methyl sites for hydroxylation is 1. The topological polar surface area (TPSA) is 48.9 Å². The van der Waals surface area contributed by atoms with Crippen molar-refractivity contribution in [2.45, 2.75) is 52.0 Å². The van der Waals surface area contributed by atoms with Crippen LogP contribution in [0.25, 0.3) is 0 Å². The van der Waals surface area contributed by atoms with Crippen LogP contribution in [0.15, 0.2) is 12.4 Å². The number of hydrogen-bond acceptors (Lipinski definition) is 2. The number of imidazole rings is 1. The molecule has 4 nitrogen and oxygen atoms in total. The van der Waals surface area contributed by atoms with E-state index in [1.807, 2.05) is 17.8 Å². The van der Waals surface area contributed by atoms with E-state index in [9.17, 15) is 9.90 Å². The van der Waals surface area contributed by atoms with Gasteiger partial charge in [0.2, 0.25) is 0 Å². The van der Waals surface area contributed by atoms with Crippen LogP contribution in [0.3, 0.4) is 0 Å². The largest absolute Gasteiger partial charge is 0.546 e. The highest BCUT2D eigenvalue weighted by Gasteiger charge is 2.13. The number of nitrogens with zero attached hydrogens (tertiary/aromatic N) is 2. The number of carbonyl (C=O) groups excluding carboxylic acids is 1. The van der Waals surface area contributed by atoms with E-state index in [0.717, 1.165) is 18.7 Å². The van der Waals surface area contributed by atoms with Crippen LogP contribution in [0.5, 0.6) is 0 Å². The van der Waals surface area contributed by atoms with Gasteiger partial charge in [-0.25, -0.2) is 9.13 Å². The lowest BCUT2D eigenvalue weighted by Gasteiger charge is -2.03. The van der Waals surface area contributed by atoms with E-state index in [1.54, 1.807) is 10.8 Å². The molecule has 0 aliphatic rings. The Labute approximate surface area is 103 Å². The highest BCUT2D eigenvalue weighted by molar-refractivity contribution is 5.64. The van der Waals surface area contributed by atoms with Crippen LogP contribution in [0.2, 0.25) is 0 Å². The first kappa shape index (κ1) is 13.7. The third-order valence-corrected chi connectivity index (χ3v) is 3.01. The van der Waals surface area contributed by atoms with Gasteiger partial charge in [-0.15, -0.1) is 0 Å². The molecular weight excluding hydrogens is 216 g/mol. The molecule has 0 bridgehead atoms. The molecular formula is C13H22N2O2. The van der Waals surface area contributed by atoms with Gasteiger partial charge in [0, 0.05) is 6.42 Å². The molecule has 0 fully saturated rings. The zero-order chi connectivity index (χ0) is 12.7. The van der Waals surface area contributed by atoms with E-state index < -0.39 is 5.97 Å². The lowest BCUT2D eigenvalue weighted by molar-refractivity contribution is -0.678. The quantitative estimate of drug-likeness (QED) is 0.491. The smallest absolute Gasteiger partial charge is 0.256 e. The van der Waals surface area contributed by atoms with Crippen LogP contribution in [0, 0.1) is 0 Å². The van der Waals surface area contributed by atoms with E-state index in [0.29, 0.717) is 0 Å². The average Bonchev–Trinajstić information content (AvgIpc) is 2.60. The first-order valence-electron chi connectivity index (χ1n) is 6.38. The Bertz CT molecular complexity index is 358. The Morgan fingerprint density at radius 1 is 1.35 bits per heavy atom. The summed E-state index contributed by atoms with van der Waals surface area (Å²) in [7, 11) is 1.95. The average molecular weight is 238 g/mol. The molecule has 1 rings (SSSR count). The number of rotatable bonds is 8. The molecule has 0 saturated carbocycles. The highest BCUT2D eigenvalue weighted by atomic mass is 16.4. The maximum absolute atomic E-state index is 10.6. The monoisotopic (exact) mass is 238 g/mol. The molecule has 0 atom stereocenters. The minimum Gasteiger partial charge on any atom is -0.546 e. The van der Waals surface area contributed by atoms with E-state index in [-0.39, 0.29) is 6.54 Å². The molecule has 0 spiro atoms. The Kier molecular flexibility index (Phi) is 5.73. The van der Waals surface area contributed by atoms with Crippen molar-refractivity contribution in [3.63, 3.8) is 0 Å². The maximum Gasteiger partial charge on any atom is 0.256 e. The van der Waals surface area contributed by atoms with Gasteiger partial charge in [-0.2, -0.15) is 0 Å². The molecule has 0 aliphatic carbocycles. The summed E-state index contributed by atoms with van der Waals surface area (Å²) in [4.78, 5) is 10.6. The second kappa shape index (κ2) is 7.09. The van der Waals surface area contributed by atoms with Gasteiger partial charge in [-0.05, 0) is 6.42 Å². The fourth-order valence-corrected chi connectivity index (χ4v) is 2.04. The fourth-order valence-electron chi connectivity index (χ4n) is 2.04. The van der Waals surface area contributed by atoms with Gasteiger partial charge in [-0.3, -0.25) is 0 Å². The first-order valence-corrected chi connectivity index (χ1v) is 6.38. The number of aliphatic carboxylic acids is 1. The molecule has 4 heteroatoms. The molecule has 1 heterocycles. The maximum atomic E-state index is 10.6. The summed E-state index contributed by atoms with van der Waals surface area (Å²) in [5, 5.41) is 10.6. The zero-order valence-electron chi connectivity index (χ0n) is 10.8. The predicted octanol–water partition coefficient (Wildman–Crippen LogP) is 0.575. The molecule has 0 amide bonds. The van der Waals surface area contributed by atoms with E-state index in [4.69, 9.17) is 0 Å². The Hall–Kier alpha value is -1.32. The molecule has 0 saturated heterocycles. The standard InChI is InChI=1S/C13H22N2O2/c1-3-4-5-6-7-8-12-14(2)9-10-15(12)11-13(16)17/h9-10H,3-8,11H2,1-2H3. The summed E-state index contributed by atoms with van der Waals surface area (Å²) in [6.07, 6.45) is 10.7. The molecule has 96 valence electrons. The van der Waals surface area contributed by atoms with E-state index >= 15 is 0 Å². The third-order valence-electron chi connectivity index (χ3n) is 3.01. The SMILES string of the molecule is CCCCCCCc1n(CC(=O)[O-])cc[n+]1C. The van der Waals surface area contributed by atoms with E-state index in [1.165, 1.54) is 25.7 Å². The second-order valence-electron chi connectivity index (χ2n) is 4.49. The second-order valence-corrected chi connectivity index (χ2v) is 4.49. The van der Waals surface area contributed by atoms with Gasteiger partial charge in [0.15, 0.2) is 0 Å². The first-order chi connectivity index (χ1) is 8.15. The molecule has 0 N–H and O–H groups in total. The van der Waals surface area contributed by atoms with Crippen molar-refractivity contribution in [3.05, 3.63) is 18.2 Å². The van der Waals surface area contributed by atoms with Crippen LogP contribution >= 0.6 is 0 Å². The zero-order valence-corrected chi connectivity index (χ0v) is 10.8. The van der Waals surface area contributed by atoms with Gasteiger partial charge < -0.3 is 9.90 Å². The van der Waals surface area contributed by atoms with Crippen molar-refractivity contribution in [1.29, 1.82) is 0 Å². The minimum atomic E-state index is -1.03. The fraction of sp³-hybridized carbons (Fsp3) is 0.692. The van der Waals surface area contributed by atoms with Crippen LogP contribution < -0.4 is 9.67 Å². The summed E-state index contributed by atoms with van der Waals surface area (Å²) in [6.45, 7) is 2.15. The van der Waals surface area contributed by atoms with Gasteiger partial charge in [0.05, 0.1) is 13.0 Å². The van der Waals surface area contributed by atoms with Crippen LogP contribution in [0.1, 0.15) is 44.9 Å². The Balaban J connectivity index is 2.45. The normalized spacial score (nSPS) is 10.7. The number of carboxylic acid groups (broad SMARTS) is 1. The molecule has 0 aliphatic heterocycles.